The molecule has 1 fully saturated rings. The predicted molar refractivity (Wildman–Crippen MR) is 70.9 cm³/mol. The largest absolute Gasteiger partial charge is 0.322 e. The minimum Gasteiger partial charge on any atom is -0.316 e. The number of rotatable bonds is 1. The van der Waals surface area contributed by atoms with E-state index in [1.165, 1.54) is 0 Å². The number of nitrogens with one attached hydrogen (secondary N) is 2. The summed E-state index contributed by atoms with van der Waals surface area (Å²) in [5.74, 6) is 5.16. The molecule has 1 saturated heterocycles. The third-order valence-electron chi connectivity index (χ3n) is 2.81. The van der Waals surface area contributed by atoms with Crippen LogP contribution in [0.1, 0.15) is 5.56 Å². The first-order valence-corrected chi connectivity index (χ1v) is 5.94. The third kappa shape index (κ3) is 2.37. The van der Waals surface area contributed by atoms with Crippen LogP contribution in [-0.4, -0.2) is 27.5 Å². The van der Waals surface area contributed by atoms with Crippen LogP contribution in [0.5, 0.6) is 0 Å². The van der Waals surface area contributed by atoms with Gasteiger partial charge in [-0.05, 0) is 24.3 Å². The Morgan fingerprint density at radius 1 is 1.20 bits per heavy atom. The van der Waals surface area contributed by atoms with E-state index in [1.807, 2.05) is 35.0 Å². The first-order valence-electron chi connectivity index (χ1n) is 5.94. The zero-order chi connectivity index (χ0) is 13.9. The Morgan fingerprint density at radius 2 is 2.00 bits per heavy atom. The third-order valence-corrected chi connectivity index (χ3v) is 2.81. The summed E-state index contributed by atoms with van der Waals surface area (Å²) in [6.45, 7) is 0. The molecule has 98 valence electrons. The number of carbonyl (C=O) groups is 2. The SMILES string of the molecule is O=C1NC(=O)C(C#Cc2ccc(-n3ccnc3)cc2)N1. The van der Waals surface area contributed by atoms with Crippen LogP contribution in [0.2, 0.25) is 0 Å². The molecule has 1 aromatic carbocycles. The fourth-order valence-electron chi connectivity index (χ4n) is 1.80. The van der Waals surface area contributed by atoms with Gasteiger partial charge >= 0.3 is 6.03 Å². The number of nitrogens with zero attached hydrogens (tertiary/aromatic N) is 2. The highest BCUT2D eigenvalue weighted by atomic mass is 16.2. The number of aromatic nitrogens is 2. The summed E-state index contributed by atoms with van der Waals surface area (Å²) in [5.41, 5.74) is 1.74. The van der Waals surface area contributed by atoms with E-state index in [1.54, 1.807) is 12.5 Å². The lowest BCUT2D eigenvalue weighted by Crippen LogP contribution is -2.26. The summed E-state index contributed by atoms with van der Waals surface area (Å²) < 4.78 is 1.88. The molecule has 0 aliphatic carbocycles. The summed E-state index contributed by atoms with van der Waals surface area (Å²) in [5, 5.41) is 4.55. The second kappa shape index (κ2) is 4.90. The Hall–Kier alpha value is -3.07. The van der Waals surface area contributed by atoms with Crippen molar-refractivity contribution >= 4 is 11.9 Å². The molecule has 20 heavy (non-hydrogen) atoms. The van der Waals surface area contributed by atoms with Crippen molar-refractivity contribution in [3.05, 3.63) is 48.5 Å². The van der Waals surface area contributed by atoms with Crippen molar-refractivity contribution in [3.63, 3.8) is 0 Å². The smallest absolute Gasteiger partial charge is 0.316 e. The van der Waals surface area contributed by atoms with E-state index in [-0.39, 0.29) is 0 Å². The fraction of sp³-hybridized carbons (Fsp3) is 0.0714. The van der Waals surface area contributed by atoms with Gasteiger partial charge in [-0.3, -0.25) is 10.1 Å². The predicted octanol–water partition coefficient (Wildman–Crippen LogP) is 0.432. The zero-order valence-electron chi connectivity index (χ0n) is 10.3. The Labute approximate surface area is 114 Å². The maximum Gasteiger partial charge on any atom is 0.322 e. The van der Waals surface area contributed by atoms with E-state index in [0.717, 1.165) is 11.3 Å². The lowest BCUT2D eigenvalue weighted by Gasteiger charge is -2.01. The molecule has 6 heteroatoms. The van der Waals surface area contributed by atoms with Gasteiger partial charge in [0.25, 0.3) is 5.91 Å². The lowest BCUT2D eigenvalue weighted by molar-refractivity contribution is -0.119. The van der Waals surface area contributed by atoms with Gasteiger partial charge in [-0.25, -0.2) is 9.78 Å². The molecule has 0 bridgehead atoms. The van der Waals surface area contributed by atoms with E-state index in [9.17, 15) is 9.59 Å². The number of benzene rings is 1. The lowest BCUT2D eigenvalue weighted by atomic mass is 10.2. The standard InChI is InChI=1S/C14H10N4O2/c19-13-12(16-14(20)17-13)6-3-10-1-4-11(5-2-10)18-8-7-15-9-18/h1-2,4-5,7-9,12H,(H2,16,17,19,20). The van der Waals surface area contributed by atoms with Crippen molar-refractivity contribution in [2.75, 3.05) is 0 Å². The Bertz CT molecular complexity index is 708. The first-order chi connectivity index (χ1) is 9.72. The molecule has 0 saturated carbocycles. The quantitative estimate of drug-likeness (QED) is 0.580. The Balaban J connectivity index is 1.76. The molecular formula is C14H10N4O2. The highest BCUT2D eigenvalue weighted by Crippen LogP contribution is 2.08. The maximum atomic E-state index is 11.3. The van der Waals surface area contributed by atoms with Crippen LogP contribution in [0.3, 0.4) is 0 Å². The van der Waals surface area contributed by atoms with Gasteiger partial charge < -0.3 is 9.88 Å². The number of amides is 3. The van der Waals surface area contributed by atoms with Crippen molar-refractivity contribution in [3.8, 4) is 17.5 Å². The van der Waals surface area contributed by atoms with Gasteiger partial charge in [0.2, 0.25) is 0 Å². The number of hydrogen-bond acceptors (Lipinski definition) is 3. The van der Waals surface area contributed by atoms with Crippen LogP contribution in [-0.2, 0) is 4.79 Å². The van der Waals surface area contributed by atoms with Crippen molar-refractivity contribution in [1.29, 1.82) is 0 Å². The minimum absolute atomic E-state index is 0.419. The normalized spacial score (nSPS) is 17.1. The van der Waals surface area contributed by atoms with Crippen molar-refractivity contribution < 1.29 is 9.59 Å². The summed E-state index contributed by atoms with van der Waals surface area (Å²) in [4.78, 5) is 26.2. The summed E-state index contributed by atoms with van der Waals surface area (Å²) in [6, 6.07) is 6.20. The molecule has 2 N–H and O–H groups in total. The molecule has 3 rings (SSSR count). The minimum atomic E-state index is -0.782. The van der Waals surface area contributed by atoms with E-state index in [2.05, 4.69) is 27.5 Å². The molecule has 0 radical (unpaired) electrons. The van der Waals surface area contributed by atoms with Crippen molar-refractivity contribution in [2.45, 2.75) is 6.04 Å². The number of hydrogen-bond donors (Lipinski definition) is 2. The van der Waals surface area contributed by atoms with Gasteiger partial charge in [0.1, 0.15) is 0 Å². The van der Waals surface area contributed by atoms with Crippen LogP contribution < -0.4 is 10.6 Å². The van der Waals surface area contributed by atoms with E-state index >= 15 is 0 Å². The topological polar surface area (TPSA) is 76.0 Å². The van der Waals surface area contributed by atoms with Gasteiger partial charge in [0.15, 0.2) is 6.04 Å². The molecule has 1 aromatic heterocycles. The summed E-state index contributed by atoms with van der Waals surface area (Å²) in [6.07, 6.45) is 5.26. The van der Waals surface area contributed by atoms with Gasteiger partial charge in [-0.2, -0.15) is 0 Å². The van der Waals surface area contributed by atoms with Crippen molar-refractivity contribution in [2.24, 2.45) is 0 Å². The molecule has 0 spiro atoms. The van der Waals surface area contributed by atoms with Crippen LogP contribution in [0.25, 0.3) is 5.69 Å². The second-order valence-electron chi connectivity index (χ2n) is 4.18. The van der Waals surface area contributed by atoms with E-state index in [4.69, 9.17) is 0 Å². The van der Waals surface area contributed by atoms with Crippen LogP contribution in [0, 0.1) is 11.8 Å². The fourth-order valence-corrected chi connectivity index (χ4v) is 1.80. The average molecular weight is 266 g/mol. The second-order valence-corrected chi connectivity index (χ2v) is 4.18. The van der Waals surface area contributed by atoms with Gasteiger partial charge in [0.05, 0.1) is 6.33 Å². The number of carbonyl (C=O) groups excluding carboxylic acids is 2. The zero-order valence-corrected chi connectivity index (χ0v) is 10.3. The Kier molecular flexibility index (Phi) is 2.94. The molecule has 1 aliphatic heterocycles. The summed E-state index contributed by atoms with van der Waals surface area (Å²) in [7, 11) is 0. The maximum absolute atomic E-state index is 11.3. The molecule has 1 aliphatic rings. The van der Waals surface area contributed by atoms with E-state index in [0.29, 0.717) is 0 Å². The number of urea groups is 1. The number of imide groups is 1. The average Bonchev–Trinajstić information content (AvgIpc) is 3.07. The van der Waals surface area contributed by atoms with Crippen LogP contribution in [0.15, 0.2) is 43.0 Å². The van der Waals surface area contributed by atoms with Crippen LogP contribution in [0.4, 0.5) is 4.79 Å². The monoisotopic (exact) mass is 266 g/mol. The van der Waals surface area contributed by atoms with Crippen LogP contribution >= 0.6 is 0 Å². The van der Waals surface area contributed by atoms with Crippen molar-refractivity contribution in [1.82, 2.24) is 20.2 Å². The molecule has 6 nitrogen and oxygen atoms in total. The van der Waals surface area contributed by atoms with Gasteiger partial charge in [-0.1, -0.05) is 11.8 Å². The molecular weight excluding hydrogens is 256 g/mol. The summed E-state index contributed by atoms with van der Waals surface area (Å²) >= 11 is 0. The number of imidazole rings is 1. The Morgan fingerprint density at radius 3 is 2.60 bits per heavy atom. The molecule has 2 heterocycles. The molecule has 1 atom stereocenters. The highest BCUT2D eigenvalue weighted by Gasteiger charge is 2.27. The van der Waals surface area contributed by atoms with Gasteiger partial charge in [-0.15, -0.1) is 0 Å². The first kappa shape index (κ1) is 12.0. The molecule has 2 aromatic rings. The molecule has 1 unspecified atom stereocenters. The highest BCUT2D eigenvalue weighted by molar-refractivity contribution is 6.05. The van der Waals surface area contributed by atoms with E-state index < -0.39 is 18.0 Å². The molecule has 3 amide bonds. The van der Waals surface area contributed by atoms with Gasteiger partial charge in [0, 0.05) is 23.6 Å².